The first-order valence-corrected chi connectivity index (χ1v) is 11.8. The summed E-state index contributed by atoms with van der Waals surface area (Å²) < 4.78 is 58.5. The van der Waals surface area contributed by atoms with E-state index in [1.165, 1.54) is 31.8 Å². The molecule has 2 heterocycles. The average molecular weight is 475 g/mol. The lowest BCUT2D eigenvalue weighted by atomic mass is 10.0. The molecule has 0 N–H and O–H groups in total. The number of rotatable bonds is 6. The molecule has 1 unspecified atom stereocenters. The number of ether oxygens (including phenoxy) is 3. The van der Waals surface area contributed by atoms with Crippen LogP contribution in [0.3, 0.4) is 0 Å². The van der Waals surface area contributed by atoms with Crippen LogP contribution in [0.4, 0.5) is 13.2 Å². The highest BCUT2D eigenvalue weighted by atomic mass is 32.2. The molecule has 1 aromatic heterocycles. The van der Waals surface area contributed by atoms with Crippen molar-refractivity contribution in [2.45, 2.75) is 37.3 Å². The third-order valence-corrected chi connectivity index (χ3v) is 7.80. The number of nitrogens with zero attached hydrogens (tertiary/aromatic N) is 3. The maximum atomic E-state index is 13.7. The lowest BCUT2D eigenvalue weighted by Crippen LogP contribution is -2.52. The van der Waals surface area contributed by atoms with Crippen LogP contribution in [0.1, 0.15) is 19.9 Å². The summed E-state index contributed by atoms with van der Waals surface area (Å²) >= 11 is 0. The van der Waals surface area contributed by atoms with Crippen molar-refractivity contribution < 1.29 is 37.0 Å². The number of aromatic nitrogens is 3. The molecule has 12 heteroatoms. The van der Waals surface area contributed by atoms with Gasteiger partial charge in [0.2, 0.25) is 0 Å². The molecule has 5 atom stereocenters. The predicted molar refractivity (Wildman–Crippen MR) is 111 cm³/mol. The van der Waals surface area contributed by atoms with Gasteiger partial charge in [0.1, 0.15) is 24.4 Å². The summed E-state index contributed by atoms with van der Waals surface area (Å²) in [6.07, 6.45) is 2.25. The van der Waals surface area contributed by atoms with E-state index in [-0.39, 0.29) is 23.1 Å². The summed E-state index contributed by atoms with van der Waals surface area (Å²) in [5.74, 6) is -4.65. The Balaban J connectivity index is 2.00. The highest BCUT2D eigenvalue weighted by molar-refractivity contribution is 8.17. The minimum absolute atomic E-state index is 0.00401. The lowest BCUT2D eigenvalue weighted by Gasteiger charge is -2.46. The summed E-state index contributed by atoms with van der Waals surface area (Å²) in [6.45, 7) is 2.62. The maximum Gasteiger partial charge on any atom is 0.303 e. The van der Waals surface area contributed by atoms with Crippen LogP contribution in [0, 0.1) is 17.5 Å². The first-order valence-electron chi connectivity index (χ1n) is 9.72. The van der Waals surface area contributed by atoms with Gasteiger partial charge in [0.25, 0.3) is 0 Å². The number of hydrogen-bond donors (Lipinski definition) is 1. The molecule has 176 valence electrons. The molecular formula is C20H24F3N3O5S. The molecule has 8 nitrogen and oxygen atoms in total. The monoisotopic (exact) mass is 475 g/mol. The second kappa shape index (κ2) is 9.90. The topological polar surface area (TPSA) is 92.5 Å². The van der Waals surface area contributed by atoms with E-state index in [0.717, 1.165) is 12.1 Å². The zero-order valence-corrected chi connectivity index (χ0v) is 18.8. The minimum Gasteiger partial charge on any atom is -0.465 e. The Labute approximate surface area is 185 Å². The van der Waals surface area contributed by atoms with E-state index >= 15 is 0 Å². The van der Waals surface area contributed by atoms with Gasteiger partial charge in [-0.3, -0.25) is 9.59 Å². The van der Waals surface area contributed by atoms with Crippen LogP contribution < -0.4 is 0 Å². The molecule has 0 aliphatic carbocycles. The van der Waals surface area contributed by atoms with Crippen molar-refractivity contribution in [1.29, 1.82) is 0 Å². The van der Waals surface area contributed by atoms with E-state index in [2.05, 4.69) is 10.3 Å². The molecule has 0 amide bonds. The van der Waals surface area contributed by atoms with Crippen LogP contribution in [-0.2, 0) is 23.8 Å². The number of halogens is 3. The average Bonchev–Trinajstić information content (AvgIpc) is 3.19. The number of benzene rings is 1. The summed E-state index contributed by atoms with van der Waals surface area (Å²) in [4.78, 5) is 23.3. The molecule has 1 aliphatic heterocycles. The van der Waals surface area contributed by atoms with Crippen LogP contribution in [0.25, 0.3) is 11.3 Å². The van der Waals surface area contributed by atoms with Crippen LogP contribution in [-0.4, -0.2) is 70.1 Å². The second-order valence-corrected chi connectivity index (χ2v) is 10.0. The third kappa shape index (κ3) is 5.07. The van der Waals surface area contributed by atoms with Crippen LogP contribution >= 0.6 is 10.9 Å². The molecule has 0 radical (unpaired) electrons. The van der Waals surface area contributed by atoms with Gasteiger partial charge < -0.3 is 14.2 Å². The van der Waals surface area contributed by atoms with E-state index in [4.69, 9.17) is 14.2 Å². The first kappa shape index (κ1) is 24.1. The minimum atomic E-state index is -1.58. The van der Waals surface area contributed by atoms with Gasteiger partial charge in [-0.05, 0) is 18.4 Å². The number of thiol groups is 1. The Bertz CT molecular complexity index is 982. The van der Waals surface area contributed by atoms with E-state index < -0.39 is 58.5 Å². The first-order chi connectivity index (χ1) is 15.1. The highest BCUT2D eigenvalue weighted by Crippen LogP contribution is 2.44. The molecule has 0 bridgehead atoms. The Morgan fingerprint density at radius 3 is 2.41 bits per heavy atom. The summed E-state index contributed by atoms with van der Waals surface area (Å²) in [5.41, 5.74) is 0.0933. The summed E-state index contributed by atoms with van der Waals surface area (Å²) in [7, 11) is 0.766. The van der Waals surface area contributed by atoms with Crippen molar-refractivity contribution in [3.05, 3.63) is 35.8 Å². The van der Waals surface area contributed by atoms with Crippen LogP contribution in [0.5, 0.6) is 0 Å². The van der Waals surface area contributed by atoms with Crippen molar-refractivity contribution in [2.75, 3.05) is 25.7 Å². The SMILES string of the molecule is CO[C@H]1C[SH](C)[C@H](COC(C)=O)[C@H](OC(C)=O)[C@H]1n1cc(-c2cc(F)c(F)c(F)c2)nn1. The zero-order valence-electron chi connectivity index (χ0n) is 17.9. The third-order valence-electron chi connectivity index (χ3n) is 5.29. The molecule has 0 saturated carbocycles. The molecule has 1 aromatic carbocycles. The molecule has 3 rings (SSSR count). The molecule has 1 aliphatic rings. The van der Waals surface area contributed by atoms with Gasteiger partial charge in [-0.25, -0.2) is 28.7 Å². The molecule has 1 fully saturated rings. The van der Waals surface area contributed by atoms with Crippen molar-refractivity contribution >= 4 is 22.8 Å². The maximum absolute atomic E-state index is 13.7. The molecular weight excluding hydrogens is 451 g/mol. The fraction of sp³-hybridized carbons (Fsp3) is 0.500. The second-order valence-electron chi connectivity index (χ2n) is 7.49. The number of hydrogen-bond acceptors (Lipinski definition) is 7. The van der Waals surface area contributed by atoms with E-state index in [1.807, 2.05) is 6.26 Å². The molecule has 2 aromatic rings. The number of carbonyl (C=O) groups excluding carboxylic acids is 2. The summed E-state index contributed by atoms with van der Waals surface area (Å²) in [6, 6.07) is 0.999. The molecule has 1 saturated heterocycles. The van der Waals surface area contributed by atoms with Gasteiger partial charge in [0.15, 0.2) is 17.5 Å². The fourth-order valence-electron chi connectivity index (χ4n) is 3.77. The zero-order chi connectivity index (χ0) is 23.6. The van der Waals surface area contributed by atoms with Gasteiger partial charge in [0, 0.05) is 32.3 Å². The van der Waals surface area contributed by atoms with E-state index in [9.17, 15) is 22.8 Å². The van der Waals surface area contributed by atoms with Crippen molar-refractivity contribution in [1.82, 2.24) is 15.0 Å². The van der Waals surface area contributed by atoms with Crippen molar-refractivity contribution in [2.24, 2.45) is 0 Å². The lowest BCUT2D eigenvalue weighted by molar-refractivity contribution is -0.153. The van der Waals surface area contributed by atoms with E-state index in [0.29, 0.717) is 5.75 Å². The smallest absolute Gasteiger partial charge is 0.303 e. The van der Waals surface area contributed by atoms with Crippen LogP contribution in [0.15, 0.2) is 18.3 Å². The standard InChI is InChI=1S/C20H24F3N3O5S/c1-10(27)30-8-17-20(31-11(2)28)19(16(29-3)9-32(17)4)26-7-15(24-25-26)12-5-13(21)18(23)14(22)6-12/h5-7,16-17,19-20,32H,8-9H2,1-4H3/t16-,17+,19-,20-/m0/s1. The Kier molecular flexibility index (Phi) is 7.44. The van der Waals surface area contributed by atoms with Gasteiger partial charge >= 0.3 is 11.9 Å². The Morgan fingerprint density at radius 2 is 1.84 bits per heavy atom. The normalized spacial score (nSPS) is 26.5. The Hall–Kier alpha value is -2.60. The highest BCUT2D eigenvalue weighted by Gasteiger charge is 2.46. The fourth-order valence-corrected chi connectivity index (χ4v) is 6.05. The van der Waals surface area contributed by atoms with Gasteiger partial charge in [0.05, 0.1) is 17.6 Å². The Morgan fingerprint density at radius 1 is 1.19 bits per heavy atom. The number of methoxy groups -OCH3 is 1. The summed E-state index contributed by atoms with van der Waals surface area (Å²) in [5, 5.41) is 7.73. The van der Waals surface area contributed by atoms with Gasteiger partial charge in [-0.2, -0.15) is 0 Å². The van der Waals surface area contributed by atoms with E-state index in [1.54, 1.807) is 0 Å². The largest absolute Gasteiger partial charge is 0.465 e. The quantitative estimate of drug-likeness (QED) is 0.390. The van der Waals surface area contributed by atoms with Crippen molar-refractivity contribution in [3.63, 3.8) is 0 Å². The number of esters is 2. The number of carbonyl (C=O) groups is 2. The molecule has 0 spiro atoms. The molecule has 32 heavy (non-hydrogen) atoms. The van der Waals surface area contributed by atoms with Gasteiger partial charge in [-0.1, -0.05) is 5.21 Å². The van der Waals surface area contributed by atoms with Crippen LogP contribution in [0.2, 0.25) is 0 Å². The van der Waals surface area contributed by atoms with Gasteiger partial charge in [-0.15, -0.1) is 5.10 Å². The predicted octanol–water partition coefficient (Wildman–Crippen LogP) is 2.43. The van der Waals surface area contributed by atoms with Crippen molar-refractivity contribution in [3.8, 4) is 11.3 Å².